The smallest absolute Gasteiger partial charge is 0.221 e. The number of hydrogen-bond donors (Lipinski definition) is 3. The zero-order valence-electron chi connectivity index (χ0n) is 6.68. The Morgan fingerprint density at radius 1 is 1.45 bits per heavy atom. The first-order valence-electron chi connectivity index (χ1n) is 3.89. The van der Waals surface area contributed by atoms with E-state index in [1.165, 1.54) is 0 Å². The minimum absolute atomic E-state index is 0.00885. The fourth-order valence-electron chi connectivity index (χ4n) is 0.684. The highest BCUT2D eigenvalue weighted by molar-refractivity contribution is 5.75. The van der Waals surface area contributed by atoms with Gasteiger partial charge in [0.2, 0.25) is 5.91 Å². The maximum absolute atomic E-state index is 10.8. The molecule has 0 atom stereocenters. The number of hydrogen-bond acceptors (Lipinski definition) is 3. The van der Waals surface area contributed by atoms with Crippen LogP contribution in [-0.2, 0) is 4.79 Å². The molecule has 1 amide bonds. The summed E-state index contributed by atoms with van der Waals surface area (Å²) in [5.74, 6) is -0.00885. The van der Waals surface area contributed by atoms with Crippen molar-refractivity contribution in [3.8, 4) is 0 Å². The van der Waals surface area contributed by atoms with E-state index in [9.17, 15) is 4.79 Å². The van der Waals surface area contributed by atoms with Crippen LogP contribution in [0.5, 0.6) is 0 Å². The second-order valence-electron chi connectivity index (χ2n) is 2.32. The van der Waals surface area contributed by atoms with E-state index in [2.05, 4.69) is 5.32 Å². The second kappa shape index (κ2) is 7.50. The number of rotatable bonds is 6. The van der Waals surface area contributed by atoms with Gasteiger partial charge in [-0.1, -0.05) is 0 Å². The predicted molar refractivity (Wildman–Crippen MR) is 43.0 cm³/mol. The fourth-order valence-corrected chi connectivity index (χ4v) is 0.684. The van der Waals surface area contributed by atoms with E-state index in [1.54, 1.807) is 0 Å². The van der Waals surface area contributed by atoms with Gasteiger partial charge in [-0.2, -0.15) is 0 Å². The first kappa shape index (κ1) is 10.4. The predicted octanol–water partition coefficient (Wildman–Crippen LogP) is -0.776. The number of unbranched alkanes of at least 4 members (excludes halogenated alkanes) is 1. The van der Waals surface area contributed by atoms with Crippen LogP contribution in [-0.4, -0.2) is 30.7 Å². The topological polar surface area (TPSA) is 75.4 Å². The van der Waals surface area contributed by atoms with E-state index in [0.29, 0.717) is 19.5 Å². The minimum atomic E-state index is -0.00885. The Bertz CT molecular complexity index is 107. The SMILES string of the molecule is NCCC(=O)NCCCCO. The molecule has 4 nitrogen and oxygen atoms in total. The van der Waals surface area contributed by atoms with Crippen LogP contribution in [0.4, 0.5) is 0 Å². The molecule has 4 heteroatoms. The molecule has 0 aliphatic heterocycles. The Hall–Kier alpha value is -0.610. The Morgan fingerprint density at radius 3 is 2.73 bits per heavy atom. The van der Waals surface area contributed by atoms with Gasteiger partial charge in [-0.25, -0.2) is 0 Å². The lowest BCUT2D eigenvalue weighted by Crippen LogP contribution is -2.26. The molecule has 0 saturated carbocycles. The zero-order valence-corrected chi connectivity index (χ0v) is 6.68. The summed E-state index contributed by atoms with van der Waals surface area (Å²) in [6, 6.07) is 0. The molecular formula is C7H16N2O2. The van der Waals surface area contributed by atoms with Crippen LogP contribution >= 0.6 is 0 Å². The van der Waals surface area contributed by atoms with E-state index in [-0.39, 0.29) is 12.5 Å². The van der Waals surface area contributed by atoms with Crippen molar-refractivity contribution >= 4 is 5.91 Å². The highest BCUT2D eigenvalue weighted by Gasteiger charge is 1.96. The van der Waals surface area contributed by atoms with Gasteiger partial charge in [0.05, 0.1) is 0 Å². The average Bonchev–Trinajstić information content (AvgIpc) is 1.99. The molecular weight excluding hydrogens is 144 g/mol. The van der Waals surface area contributed by atoms with E-state index < -0.39 is 0 Å². The molecule has 0 saturated heterocycles. The van der Waals surface area contributed by atoms with E-state index in [0.717, 1.165) is 12.8 Å². The van der Waals surface area contributed by atoms with E-state index in [4.69, 9.17) is 10.8 Å². The second-order valence-corrected chi connectivity index (χ2v) is 2.32. The summed E-state index contributed by atoms with van der Waals surface area (Å²) in [6.45, 7) is 1.22. The third-order valence-electron chi connectivity index (χ3n) is 1.28. The maximum Gasteiger partial charge on any atom is 0.221 e. The third kappa shape index (κ3) is 7.29. The molecule has 0 aliphatic rings. The molecule has 0 radical (unpaired) electrons. The highest BCUT2D eigenvalue weighted by Crippen LogP contribution is 1.84. The van der Waals surface area contributed by atoms with Crippen LogP contribution in [0.15, 0.2) is 0 Å². The number of carbonyl (C=O) groups excluding carboxylic acids is 1. The quantitative estimate of drug-likeness (QED) is 0.446. The van der Waals surface area contributed by atoms with Crippen LogP contribution in [0.25, 0.3) is 0 Å². The zero-order chi connectivity index (χ0) is 8.53. The van der Waals surface area contributed by atoms with Crippen LogP contribution in [0.2, 0.25) is 0 Å². The molecule has 0 heterocycles. The Labute approximate surface area is 66.8 Å². The molecule has 0 aliphatic carbocycles. The lowest BCUT2D eigenvalue weighted by atomic mass is 10.3. The van der Waals surface area contributed by atoms with Crippen LogP contribution < -0.4 is 11.1 Å². The van der Waals surface area contributed by atoms with Crippen molar-refractivity contribution in [3.63, 3.8) is 0 Å². The normalized spacial score (nSPS) is 9.64. The van der Waals surface area contributed by atoms with Crippen LogP contribution in [0.3, 0.4) is 0 Å². The molecule has 0 rings (SSSR count). The molecule has 0 aromatic rings. The van der Waals surface area contributed by atoms with Crippen molar-refractivity contribution in [1.82, 2.24) is 5.32 Å². The molecule has 0 unspecified atom stereocenters. The standard InChI is InChI=1S/C7H16N2O2/c8-4-3-7(11)9-5-1-2-6-10/h10H,1-6,8H2,(H,9,11). The van der Waals surface area contributed by atoms with E-state index in [1.807, 2.05) is 0 Å². The maximum atomic E-state index is 10.8. The number of amides is 1. The fraction of sp³-hybridized carbons (Fsp3) is 0.857. The van der Waals surface area contributed by atoms with Crippen LogP contribution in [0, 0.1) is 0 Å². The van der Waals surface area contributed by atoms with E-state index >= 15 is 0 Å². The molecule has 0 aromatic carbocycles. The van der Waals surface area contributed by atoms with Gasteiger partial charge in [0, 0.05) is 26.1 Å². The summed E-state index contributed by atoms with van der Waals surface area (Å²) in [5.41, 5.74) is 5.16. The van der Waals surface area contributed by atoms with Crippen LogP contribution in [0.1, 0.15) is 19.3 Å². The molecule has 11 heavy (non-hydrogen) atoms. The number of carbonyl (C=O) groups is 1. The van der Waals surface area contributed by atoms with Crippen molar-refractivity contribution in [1.29, 1.82) is 0 Å². The van der Waals surface area contributed by atoms with Gasteiger partial charge in [0.15, 0.2) is 0 Å². The van der Waals surface area contributed by atoms with Gasteiger partial charge in [0.25, 0.3) is 0 Å². The third-order valence-corrected chi connectivity index (χ3v) is 1.28. The molecule has 0 spiro atoms. The highest BCUT2D eigenvalue weighted by atomic mass is 16.2. The number of nitrogens with one attached hydrogen (secondary N) is 1. The summed E-state index contributed by atoms with van der Waals surface area (Å²) in [4.78, 5) is 10.8. The van der Waals surface area contributed by atoms with Gasteiger partial charge in [0.1, 0.15) is 0 Å². The number of nitrogens with two attached hydrogens (primary N) is 1. The Balaban J connectivity index is 3.04. The lowest BCUT2D eigenvalue weighted by molar-refractivity contribution is -0.120. The van der Waals surface area contributed by atoms with Gasteiger partial charge in [-0.05, 0) is 12.8 Å². The van der Waals surface area contributed by atoms with Gasteiger partial charge in [-0.3, -0.25) is 4.79 Å². The lowest BCUT2D eigenvalue weighted by Gasteiger charge is -2.01. The molecule has 66 valence electrons. The molecule has 0 bridgehead atoms. The minimum Gasteiger partial charge on any atom is -0.396 e. The van der Waals surface area contributed by atoms with Crippen molar-refractivity contribution in [2.24, 2.45) is 5.73 Å². The largest absolute Gasteiger partial charge is 0.396 e. The summed E-state index contributed by atoms with van der Waals surface area (Å²) < 4.78 is 0. The van der Waals surface area contributed by atoms with Gasteiger partial charge < -0.3 is 16.2 Å². The van der Waals surface area contributed by atoms with Crippen molar-refractivity contribution in [2.75, 3.05) is 19.7 Å². The van der Waals surface area contributed by atoms with Crippen molar-refractivity contribution in [3.05, 3.63) is 0 Å². The number of aliphatic hydroxyl groups excluding tert-OH is 1. The molecule has 0 aromatic heterocycles. The van der Waals surface area contributed by atoms with Crippen molar-refractivity contribution < 1.29 is 9.90 Å². The first-order chi connectivity index (χ1) is 5.31. The molecule has 4 N–H and O–H groups in total. The average molecular weight is 160 g/mol. The van der Waals surface area contributed by atoms with Gasteiger partial charge >= 0.3 is 0 Å². The summed E-state index contributed by atoms with van der Waals surface area (Å²) >= 11 is 0. The molecule has 0 fully saturated rings. The first-order valence-corrected chi connectivity index (χ1v) is 3.89. The monoisotopic (exact) mass is 160 g/mol. The Morgan fingerprint density at radius 2 is 2.18 bits per heavy atom. The summed E-state index contributed by atoms with van der Waals surface area (Å²) in [5, 5.41) is 11.1. The number of aliphatic hydroxyl groups is 1. The summed E-state index contributed by atoms with van der Waals surface area (Å²) in [7, 11) is 0. The summed E-state index contributed by atoms with van der Waals surface area (Å²) in [6.07, 6.45) is 1.95. The Kier molecular flexibility index (Phi) is 7.08. The van der Waals surface area contributed by atoms with Gasteiger partial charge in [-0.15, -0.1) is 0 Å². The van der Waals surface area contributed by atoms with Crippen molar-refractivity contribution in [2.45, 2.75) is 19.3 Å².